The predicted molar refractivity (Wildman–Crippen MR) is 107 cm³/mol. The summed E-state index contributed by atoms with van der Waals surface area (Å²) in [6, 6.07) is 10.3. The summed E-state index contributed by atoms with van der Waals surface area (Å²) in [4.78, 5) is 13.4. The number of benzene rings is 2. The molecule has 0 bridgehead atoms. The van der Waals surface area contributed by atoms with Crippen LogP contribution in [0, 0.1) is 5.82 Å². The zero-order valence-corrected chi connectivity index (χ0v) is 16.5. The molecule has 0 aliphatic carbocycles. The molecule has 0 unspecified atom stereocenters. The number of hydrogen-bond donors (Lipinski definition) is 2. The van der Waals surface area contributed by atoms with E-state index in [0.29, 0.717) is 40.0 Å². The number of allylic oxidation sites excluding steroid dienone is 1. The summed E-state index contributed by atoms with van der Waals surface area (Å²) in [5, 5.41) is 17.6. The highest BCUT2D eigenvalue weighted by atomic mass is 19.1. The van der Waals surface area contributed by atoms with Gasteiger partial charge in [-0.05, 0) is 47.2 Å². The SMILES string of the molecule is COc1ccc(OC)c(NC(=O)C2=C(C)Nc3nnnn3[C@@H]2c2ccc(F)cc2)c1. The van der Waals surface area contributed by atoms with Crippen molar-refractivity contribution in [1.82, 2.24) is 20.2 Å². The number of halogens is 1. The van der Waals surface area contributed by atoms with Crippen LogP contribution in [0.15, 0.2) is 53.7 Å². The molecule has 154 valence electrons. The van der Waals surface area contributed by atoms with Crippen molar-refractivity contribution < 1.29 is 18.7 Å². The van der Waals surface area contributed by atoms with E-state index in [9.17, 15) is 9.18 Å². The van der Waals surface area contributed by atoms with E-state index in [1.54, 1.807) is 37.3 Å². The van der Waals surface area contributed by atoms with Crippen molar-refractivity contribution in [3.8, 4) is 11.5 Å². The minimum absolute atomic E-state index is 0.377. The molecule has 4 rings (SSSR count). The summed E-state index contributed by atoms with van der Waals surface area (Å²) in [5.41, 5.74) is 2.06. The van der Waals surface area contributed by atoms with Crippen molar-refractivity contribution in [1.29, 1.82) is 0 Å². The Labute approximate surface area is 171 Å². The van der Waals surface area contributed by atoms with Crippen LogP contribution in [0.3, 0.4) is 0 Å². The average Bonchev–Trinajstić information content (AvgIpc) is 3.21. The molecule has 0 fully saturated rings. The second-order valence-corrected chi connectivity index (χ2v) is 6.59. The molecular formula is C20H19FN6O3. The van der Waals surface area contributed by atoms with Crippen molar-refractivity contribution >= 4 is 17.5 Å². The highest BCUT2D eigenvalue weighted by Gasteiger charge is 2.34. The number of nitrogens with one attached hydrogen (secondary N) is 2. The van der Waals surface area contributed by atoms with Gasteiger partial charge in [0.2, 0.25) is 5.95 Å². The number of carbonyl (C=O) groups excluding carboxylic acids is 1. The van der Waals surface area contributed by atoms with E-state index in [1.807, 2.05) is 0 Å². The van der Waals surface area contributed by atoms with Crippen molar-refractivity contribution in [3.63, 3.8) is 0 Å². The normalized spacial score (nSPS) is 15.3. The first-order valence-corrected chi connectivity index (χ1v) is 9.06. The number of aromatic nitrogens is 4. The smallest absolute Gasteiger partial charge is 0.255 e. The number of rotatable bonds is 5. The van der Waals surface area contributed by atoms with Crippen LogP contribution < -0.4 is 20.1 Å². The first-order valence-electron chi connectivity index (χ1n) is 9.06. The number of nitrogens with zero attached hydrogens (tertiary/aromatic N) is 4. The fourth-order valence-electron chi connectivity index (χ4n) is 3.36. The van der Waals surface area contributed by atoms with Gasteiger partial charge in [0.15, 0.2) is 0 Å². The summed E-state index contributed by atoms with van der Waals surface area (Å²) < 4.78 is 25.6. The average molecular weight is 410 g/mol. The van der Waals surface area contributed by atoms with Gasteiger partial charge in [0.1, 0.15) is 23.4 Å². The Bertz CT molecular complexity index is 1130. The molecule has 0 spiro atoms. The molecule has 2 heterocycles. The Balaban J connectivity index is 1.75. The lowest BCUT2D eigenvalue weighted by Gasteiger charge is -2.28. The molecule has 0 saturated heterocycles. The zero-order chi connectivity index (χ0) is 21.3. The molecule has 30 heavy (non-hydrogen) atoms. The quantitative estimate of drug-likeness (QED) is 0.667. The number of carbonyl (C=O) groups is 1. The Morgan fingerprint density at radius 1 is 1.17 bits per heavy atom. The van der Waals surface area contributed by atoms with Crippen LogP contribution in [0.2, 0.25) is 0 Å². The monoisotopic (exact) mass is 410 g/mol. The molecule has 3 aromatic rings. The van der Waals surface area contributed by atoms with Gasteiger partial charge in [-0.15, -0.1) is 0 Å². The van der Waals surface area contributed by atoms with Crippen molar-refractivity contribution in [3.05, 3.63) is 65.1 Å². The Morgan fingerprint density at radius 3 is 2.63 bits per heavy atom. The molecule has 1 aromatic heterocycles. The summed E-state index contributed by atoms with van der Waals surface area (Å²) in [5.74, 6) is 0.667. The number of fused-ring (bicyclic) bond motifs is 1. The molecule has 2 N–H and O–H groups in total. The maximum absolute atomic E-state index is 13.5. The van der Waals surface area contributed by atoms with Gasteiger partial charge >= 0.3 is 0 Å². The highest BCUT2D eigenvalue weighted by molar-refractivity contribution is 6.06. The molecule has 10 heteroatoms. The number of hydrogen-bond acceptors (Lipinski definition) is 7. The lowest BCUT2D eigenvalue weighted by atomic mass is 9.95. The number of amides is 1. The number of tetrazole rings is 1. The summed E-state index contributed by atoms with van der Waals surface area (Å²) in [6.07, 6.45) is 0. The van der Waals surface area contributed by atoms with E-state index in [0.717, 1.165) is 0 Å². The minimum atomic E-state index is -0.645. The molecule has 9 nitrogen and oxygen atoms in total. The van der Waals surface area contributed by atoms with Crippen LogP contribution in [0.1, 0.15) is 18.5 Å². The summed E-state index contributed by atoms with van der Waals surface area (Å²) in [6.45, 7) is 1.76. The molecule has 0 saturated carbocycles. The zero-order valence-electron chi connectivity index (χ0n) is 16.5. The van der Waals surface area contributed by atoms with E-state index in [2.05, 4.69) is 26.2 Å². The molecule has 1 amide bonds. The van der Waals surface area contributed by atoms with Crippen LogP contribution in [0.25, 0.3) is 0 Å². The topological polar surface area (TPSA) is 103 Å². The maximum Gasteiger partial charge on any atom is 0.255 e. The molecule has 1 aliphatic heterocycles. The van der Waals surface area contributed by atoms with Gasteiger partial charge in [-0.1, -0.05) is 17.2 Å². The molecular weight excluding hydrogens is 391 g/mol. The van der Waals surface area contributed by atoms with Gasteiger partial charge in [0, 0.05) is 11.8 Å². The van der Waals surface area contributed by atoms with Crippen molar-refractivity contribution in [2.75, 3.05) is 24.9 Å². The fraction of sp³-hybridized carbons (Fsp3) is 0.200. The third-order valence-corrected chi connectivity index (χ3v) is 4.80. The molecule has 2 aromatic carbocycles. The van der Waals surface area contributed by atoms with Crippen LogP contribution in [-0.2, 0) is 4.79 Å². The van der Waals surface area contributed by atoms with Crippen molar-refractivity contribution in [2.45, 2.75) is 13.0 Å². The van der Waals surface area contributed by atoms with E-state index < -0.39 is 6.04 Å². The third kappa shape index (κ3) is 3.43. The van der Waals surface area contributed by atoms with Crippen LogP contribution >= 0.6 is 0 Å². The lowest BCUT2D eigenvalue weighted by molar-refractivity contribution is -0.113. The molecule has 0 radical (unpaired) electrons. The van der Waals surface area contributed by atoms with E-state index in [4.69, 9.17) is 9.47 Å². The highest BCUT2D eigenvalue weighted by Crippen LogP contribution is 2.36. The Hall–Kier alpha value is -3.95. The first kappa shape index (κ1) is 19.4. The van der Waals surface area contributed by atoms with E-state index in [-0.39, 0.29) is 11.7 Å². The van der Waals surface area contributed by atoms with Crippen LogP contribution in [0.4, 0.5) is 16.0 Å². The van der Waals surface area contributed by atoms with E-state index >= 15 is 0 Å². The van der Waals surface area contributed by atoms with Gasteiger partial charge in [-0.25, -0.2) is 4.39 Å². The van der Waals surface area contributed by atoms with Gasteiger partial charge in [-0.2, -0.15) is 4.68 Å². The Morgan fingerprint density at radius 2 is 1.93 bits per heavy atom. The molecule has 1 aliphatic rings. The summed E-state index contributed by atoms with van der Waals surface area (Å²) >= 11 is 0. The largest absolute Gasteiger partial charge is 0.497 e. The maximum atomic E-state index is 13.5. The number of methoxy groups -OCH3 is 2. The summed E-state index contributed by atoms with van der Waals surface area (Å²) in [7, 11) is 3.05. The predicted octanol–water partition coefficient (Wildman–Crippen LogP) is 2.76. The third-order valence-electron chi connectivity index (χ3n) is 4.80. The van der Waals surface area contributed by atoms with Gasteiger partial charge in [0.05, 0.1) is 25.5 Å². The van der Waals surface area contributed by atoms with Crippen LogP contribution in [0.5, 0.6) is 11.5 Å². The standard InChI is InChI=1S/C20H19FN6O3/c1-11-17(19(28)23-15-10-14(29-2)8-9-16(15)30-3)18(12-4-6-13(21)7-5-12)27-20(22-11)24-25-26-27/h4-10,18H,1-3H3,(H,23,28)(H,22,24,26)/t18-/m1/s1. The van der Waals surface area contributed by atoms with Gasteiger partial charge in [0.25, 0.3) is 5.91 Å². The van der Waals surface area contributed by atoms with Crippen molar-refractivity contribution in [2.24, 2.45) is 0 Å². The fourth-order valence-corrected chi connectivity index (χ4v) is 3.36. The number of anilines is 2. The number of ether oxygens (including phenoxy) is 2. The Kier molecular flexibility index (Phi) is 5.05. The lowest BCUT2D eigenvalue weighted by Crippen LogP contribution is -2.31. The minimum Gasteiger partial charge on any atom is -0.497 e. The van der Waals surface area contributed by atoms with Gasteiger partial charge in [-0.3, -0.25) is 4.79 Å². The second-order valence-electron chi connectivity index (χ2n) is 6.59. The molecule has 1 atom stereocenters. The second kappa shape index (κ2) is 7.82. The van der Waals surface area contributed by atoms with Crippen LogP contribution in [-0.4, -0.2) is 40.3 Å². The van der Waals surface area contributed by atoms with Gasteiger partial charge < -0.3 is 20.1 Å². The van der Waals surface area contributed by atoms with E-state index in [1.165, 1.54) is 31.0 Å². The first-order chi connectivity index (χ1) is 14.5.